The Hall–Kier alpha value is -0.695. The molecule has 1 rings (SSSR count). The molecule has 0 aromatic carbocycles. The molecule has 1 aromatic heterocycles. The average Bonchev–Trinajstić information content (AvgIpc) is 1.80. The number of hydrogen-bond acceptors (Lipinski definition) is 2. The normalized spacial score (nSPS) is 9.44. The number of nitrogen functional groups attached to an aromatic ring is 1. The first-order valence-corrected chi connectivity index (χ1v) is 2.96. The molecule has 0 atom stereocenters. The fourth-order valence-electron chi connectivity index (χ4n) is 0.560. The van der Waals surface area contributed by atoms with Crippen molar-refractivity contribution in [3.8, 4) is 0 Å². The van der Waals surface area contributed by atoms with Gasteiger partial charge in [0.1, 0.15) is 5.82 Å². The highest BCUT2D eigenvalue weighted by Gasteiger charge is 1.93. The van der Waals surface area contributed by atoms with Gasteiger partial charge < -0.3 is 5.73 Å². The van der Waals surface area contributed by atoms with Crippen LogP contribution in [0.1, 0.15) is 0 Å². The first-order chi connectivity index (χ1) is 4.20. The van der Waals surface area contributed by atoms with E-state index >= 15 is 0 Å². The average molecular weight is 140 g/mol. The van der Waals surface area contributed by atoms with Crippen molar-refractivity contribution in [2.24, 2.45) is 0 Å². The molecule has 0 spiro atoms. The van der Waals surface area contributed by atoms with Gasteiger partial charge >= 0.3 is 0 Å². The van der Waals surface area contributed by atoms with Crippen LogP contribution in [0.25, 0.3) is 0 Å². The Morgan fingerprint density at radius 3 is 2.67 bits per heavy atom. The van der Waals surface area contributed by atoms with Crippen LogP contribution in [0.3, 0.4) is 0 Å². The van der Waals surface area contributed by atoms with Crippen LogP contribution in [0.15, 0.2) is 12.1 Å². The van der Waals surface area contributed by atoms with E-state index in [-0.39, 0.29) is 0 Å². The second kappa shape index (κ2) is 2.27. The van der Waals surface area contributed by atoms with E-state index in [1.165, 1.54) is 0 Å². The minimum Gasteiger partial charge on any atom is -0.382 e. The number of anilines is 1. The first kappa shape index (κ1) is 6.43. The van der Waals surface area contributed by atoms with Crippen LogP contribution in [-0.4, -0.2) is 12.8 Å². The minimum absolute atomic E-state index is 0.400. The zero-order valence-electron chi connectivity index (χ0n) is 5.06. The molecule has 0 bridgehead atoms. The lowest BCUT2D eigenvalue weighted by Gasteiger charge is -1.95. The Morgan fingerprint density at radius 1 is 1.56 bits per heavy atom. The van der Waals surface area contributed by atoms with Crippen molar-refractivity contribution in [2.45, 2.75) is 0 Å². The maximum Gasteiger partial charge on any atom is 0.164 e. The summed E-state index contributed by atoms with van der Waals surface area (Å²) in [6.45, 7) is 0. The van der Waals surface area contributed by atoms with E-state index in [1.807, 2.05) is 13.9 Å². The van der Waals surface area contributed by atoms with Crippen LogP contribution >= 0.6 is 11.6 Å². The Bertz CT molecular complexity index is 226. The number of halogens is 1. The third-order valence-corrected chi connectivity index (χ3v) is 1.33. The summed E-state index contributed by atoms with van der Waals surface area (Å²) >= 11 is 5.59. The van der Waals surface area contributed by atoms with E-state index in [0.29, 0.717) is 10.8 Å². The number of nitrogens with two attached hydrogens (primary N) is 1. The quantitative estimate of drug-likeness (QED) is 0.497. The van der Waals surface area contributed by atoms with E-state index < -0.39 is 0 Å². The molecule has 0 aliphatic heterocycles. The summed E-state index contributed by atoms with van der Waals surface area (Å²) < 4.78 is 0. The lowest BCUT2D eigenvalue weighted by atomic mass is 10.0. The lowest BCUT2D eigenvalue weighted by Crippen LogP contribution is -2.09. The molecule has 1 heterocycles. The van der Waals surface area contributed by atoms with E-state index in [4.69, 9.17) is 17.3 Å². The third kappa shape index (κ3) is 1.36. The molecule has 46 valence electrons. The predicted octanol–water partition coefficient (Wildman–Crippen LogP) is -0.424. The van der Waals surface area contributed by atoms with Crippen LogP contribution in [0, 0.1) is 0 Å². The van der Waals surface area contributed by atoms with Gasteiger partial charge in [0.05, 0.1) is 5.02 Å². The van der Waals surface area contributed by atoms with Crippen molar-refractivity contribution in [1.29, 1.82) is 0 Å². The SMILES string of the molecule is Bc1ccc(Cl)c(N)n1. The summed E-state index contributed by atoms with van der Waals surface area (Å²) in [5.41, 5.74) is 6.26. The summed E-state index contributed by atoms with van der Waals surface area (Å²) in [6, 6.07) is 3.55. The molecular formula is C5H6BClN2. The van der Waals surface area contributed by atoms with Crippen LogP contribution in [-0.2, 0) is 0 Å². The van der Waals surface area contributed by atoms with E-state index in [2.05, 4.69) is 4.98 Å². The van der Waals surface area contributed by atoms with Gasteiger partial charge in [-0.3, -0.25) is 0 Å². The second-order valence-electron chi connectivity index (χ2n) is 1.82. The Balaban J connectivity index is 3.17. The molecule has 2 N–H and O–H groups in total. The second-order valence-corrected chi connectivity index (χ2v) is 2.23. The van der Waals surface area contributed by atoms with Crippen molar-refractivity contribution in [2.75, 3.05) is 5.73 Å². The standard InChI is InChI=1S/C5H6BClN2/c6-4-2-1-3(7)5(8)9-4/h1-2H,6H2,(H2,8,9). The van der Waals surface area contributed by atoms with Crippen molar-refractivity contribution in [3.05, 3.63) is 17.2 Å². The van der Waals surface area contributed by atoms with Crippen molar-refractivity contribution >= 4 is 30.9 Å². The van der Waals surface area contributed by atoms with Gasteiger partial charge in [0.25, 0.3) is 0 Å². The molecule has 0 amide bonds. The molecular weight excluding hydrogens is 134 g/mol. The zero-order valence-corrected chi connectivity index (χ0v) is 5.81. The molecule has 0 saturated carbocycles. The molecule has 2 nitrogen and oxygen atoms in total. The summed E-state index contributed by atoms with van der Waals surface area (Å²) in [6.07, 6.45) is 0. The highest BCUT2D eigenvalue weighted by atomic mass is 35.5. The third-order valence-electron chi connectivity index (χ3n) is 1.01. The van der Waals surface area contributed by atoms with Crippen LogP contribution in [0.4, 0.5) is 5.82 Å². The molecule has 0 aliphatic rings. The zero-order chi connectivity index (χ0) is 6.85. The van der Waals surface area contributed by atoms with Crippen LogP contribution < -0.4 is 11.3 Å². The molecule has 0 radical (unpaired) electrons. The van der Waals surface area contributed by atoms with E-state index in [0.717, 1.165) is 5.59 Å². The van der Waals surface area contributed by atoms with Gasteiger partial charge in [0, 0.05) is 0 Å². The monoisotopic (exact) mass is 140 g/mol. The van der Waals surface area contributed by atoms with Gasteiger partial charge in [0.15, 0.2) is 7.85 Å². The smallest absolute Gasteiger partial charge is 0.164 e. The van der Waals surface area contributed by atoms with Crippen LogP contribution in [0.5, 0.6) is 0 Å². The molecule has 0 aliphatic carbocycles. The van der Waals surface area contributed by atoms with Gasteiger partial charge in [-0.25, -0.2) is 4.98 Å². The molecule has 0 fully saturated rings. The number of aromatic nitrogens is 1. The highest BCUT2D eigenvalue weighted by molar-refractivity contribution is 6.34. The maximum absolute atomic E-state index is 5.59. The van der Waals surface area contributed by atoms with Crippen molar-refractivity contribution in [1.82, 2.24) is 4.98 Å². The molecule has 0 saturated heterocycles. The fourth-order valence-corrected chi connectivity index (χ4v) is 0.665. The van der Waals surface area contributed by atoms with Gasteiger partial charge in [-0.1, -0.05) is 11.6 Å². The molecule has 9 heavy (non-hydrogen) atoms. The number of nitrogens with zero attached hydrogens (tertiary/aromatic N) is 1. The lowest BCUT2D eigenvalue weighted by molar-refractivity contribution is 1.39. The predicted molar refractivity (Wildman–Crippen MR) is 41.8 cm³/mol. The number of hydrogen-bond donors (Lipinski definition) is 1. The first-order valence-electron chi connectivity index (χ1n) is 2.59. The van der Waals surface area contributed by atoms with Crippen molar-refractivity contribution in [3.63, 3.8) is 0 Å². The fraction of sp³-hybridized carbons (Fsp3) is 0. The Kier molecular flexibility index (Phi) is 1.62. The number of rotatable bonds is 0. The molecule has 0 unspecified atom stereocenters. The largest absolute Gasteiger partial charge is 0.382 e. The summed E-state index contributed by atoms with van der Waals surface area (Å²) in [4.78, 5) is 3.92. The van der Waals surface area contributed by atoms with E-state index in [1.54, 1.807) is 6.07 Å². The van der Waals surface area contributed by atoms with Gasteiger partial charge in [-0.2, -0.15) is 0 Å². The van der Waals surface area contributed by atoms with Crippen molar-refractivity contribution < 1.29 is 0 Å². The summed E-state index contributed by atoms with van der Waals surface area (Å²) in [5, 5.41) is 0.514. The Labute approximate surface area is 59.4 Å². The van der Waals surface area contributed by atoms with Gasteiger partial charge in [-0.15, -0.1) is 0 Å². The van der Waals surface area contributed by atoms with E-state index in [9.17, 15) is 0 Å². The maximum atomic E-state index is 5.59. The minimum atomic E-state index is 0.400. The summed E-state index contributed by atoms with van der Waals surface area (Å²) in [5.74, 6) is 0.400. The van der Waals surface area contributed by atoms with Gasteiger partial charge in [-0.05, 0) is 17.7 Å². The highest BCUT2D eigenvalue weighted by Crippen LogP contribution is 2.11. The van der Waals surface area contributed by atoms with Gasteiger partial charge in [0.2, 0.25) is 0 Å². The molecule has 4 heteroatoms. The topological polar surface area (TPSA) is 38.9 Å². The number of pyridine rings is 1. The van der Waals surface area contributed by atoms with Crippen LogP contribution in [0.2, 0.25) is 5.02 Å². The summed E-state index contributed by atoms with van der Waals surface area (Å²) in [7, 11) is 1.87. The molecule has 1 aromatic rings. The Morgan fingerprint density at radius 2 is 2.22 bits per heavy atom.